The van der Waals surface area contributed by atoms with Crippen molar-refractivity contribution in [2.75, 3.05) is 0 Å². The summed E-state index contributed by atoms with van der Waals surface area (Å²) in [4.78, 5) is 8.97. The van der Waals surface area contributed by atoms with E-state index in [2.05, 4.69) is 125 Å². The smallest absolute Gasteiger partial charge is 0.179 e. The van der Waals surface area contributed by atoms with E-state index in [0.717, 1.165) is 17.1 Å². The van der Waals surface area contributed by atoms with Crippen molar-refractivity contribution >= 4 is 28.8 Å². The molecule has 0 atom stereocenters. The zero-order valence-electron chi connectivity index (χ0n) is 18.0. The Kier molecular flexibility index (Phi) is 5.49. The summed E-state index contributed by atoms with van der Waals surface area (Å²) in [6, 6.07) is 43.8. The first-order chi connectivity index (χ1) is 15.8. The topological polar surface area (TPSA) is 25.8 Å². The summed E-state index contributed by atoms with van der Waals surface area (Å²) >= 11 is 0. The largest absolute Gasteiger partial charge is 0.242 e. The average molecular weight is 429 g/mol. The Hall–Kier alpha value is -3.82. The van der Waals surface area contributed by atoms with Crippen LogP contribution in [0.5, 0.6) is 0 Å². The molecule has 0 unspecified atom stereocenters. The van der Waals surface area contributed by atoms with Crippen LogP contribution in [-0.2, 0) is 0 Å². The van der Waals surface area contributed by atoms with Gasteiger partial charge >= 0.3 is 0 Å². The Bertz CT molecular complexity index is 1220. The first-order valence-corrected chi connectivity index (χ1v) is 12.9. The summed E-state index contributed by atoms with van der Waals surface area (Å²) in [5.41, 5.74) is 2.07. The van der Waals surface area contributed by atoms with Crippen molar-refractivity contribution in [3.05, 3.63) is 133 Å². The van der Waals surface area contributed by atoms with Gasteiger partial charge in [0.1, 0.15) is 5.82 Å². The van der Waals surface area contributed by atoms with Crippen LogP contribution in [0.3, 0.4) is 0 Å². The molecule has 0 amide bonds. The van der Waals surface area contributed by atoms with Gasteiger partial charge in [0.05, 0.1) is 5.69 Å². The first kappa shape index (κ1) is 20.1. The predicted octanol–water partition coefficient (Wildman–Crippen LogP) is 3.83. The molecule has 5 rings (SSSR count). The van der Waals surface area contributed by atoms with Gasteiger partial charge < -0.3 is 0 Å². The quantitative estimate of drug-likeness (QED) is 0.314. The minimum absolute atomic E-state index is 0.783. The Morgan fingerprint density at radius 1 is 0.531 bits per heavy atom. The van der Waals surface area contributed by atoms with Gasteiger partial charge in [-0.2, -0.15) is 0 Å². The third-order valence-corrected chi connectivity index (χ3v) is 10.8. The highest BCUT2D eigenvalue weighted by molar-refractivity contribution is 7.19. The molecule has 0 aliphatic carbocycles. The van der Waals surface area contributed by atoms with Gasteiger partial charge in [0.25, 0.3) is 0 Å². The molecule has 0 radical (unpaired) electrons. The number of rotatable bonds is 5. The molecule has 0 N–H and O–H groups in total. The molecule has 4 aromatic carbocycles. The van der Waals surface area contributed by atoms with E-state index < -0.39 is 8.07 Å². The van der Waals surface area contributed by atoms with Crippen LogP contribution in [0.25, 0.3) is 11.3 Å². The standard InChI is InChI=1S/C29H24N2Si/c1-23-30-21-20-29(31-23)24-12-11-19-28(22-24)32(25-13-5-2-6-14-25,26-15-7-3-8-16-26)27-17-9-4-10-18-27/h2-22H,1H3. The molecule has 0 spiro atoms. The van der Waals surface area contributed by atoms with Gasteiger partial charge in [-0.1, -0.05) is 115 Å². The normalized spacial score (nSPS) is 11.3. The van der Waals surface area contributed by atoms with Gasteiger partial charge in [-0.3, -0.25) is 0 Å². The van der Waals surface area contributed by atoms with Crippen LogP contribution in [0, 0.1) is 6.92 Å². The number of benzene rings is 4. The molecule has 2 nitrogen and oxygen atoms in total. The van der Waals surface area contributed by atoms with E-state index in [4.69, 9.17) is 0 Å². The molecule has 0 saturated carbocycles. The van der Waals surface area contributed by atoms with E-state index in [9.17, 15) is 0 Å². The van der Waals surface area contributed by atoms with E-state index in [1.807, 2.05) is 19.2 Å². The fourth-order valence-corrected chi connectivity index (χ4v) is 9.39. The lowest BCUT2D eigenvalue weighted by atomic mass is 10.1. The molecule has 5 aromatic rings. The summed E-state index contributed by atoms with van der Waals surface area (Å²) in [6.07, 6.45) is 1.83. The summed E-state index contributed by atoms with van der Waals surface area (Å²) in [6.45, 7) is 1.93. The van der Waals surface area contributed by atoms with Crippen LogP contribution in [0.2, 0.25) is 0 Å². The number of aromatic nitrogens is 2. The Balaban J connectivity index is 1.85. The van der Waals surface area contributed by atoms with E-state index >= 15 is 0 Å². The molecular weight excluding hydrogens is 404 g/mol. The first-order valence-electron chi connectivity index (χ1n) is 10.9. The van der Waals surface area contributed by atoms with E-state index in [1.165, 1.54) is 20.7 Å². The van der Waals surface area contributed by atoms with Crippen LogP contribution in [0.1, 0.15) is 5.82 Å². The molecule has 0 bridgehead atoms. The zero-order chi connectivity index (χ0) is 21.8. The van der Waals surface area contributed by atoms with E-state index in [-0.39, 0.29) is 0 Å². The lowest BCUT2D eigenvalue weighted by Gasteiger charge is -2.34. The van der Waals surface area contributed by atoms with Crippen LogP contribution in [0.4, 0.5) is 0 Å². The molecule has 1 heterocycles. The Morgan fingerprint density at radius 3 is 1.53 bits per heavy atom. The highest BCUT2D eigenvalue weighted by Gasteiger charge is 2.41. The minimum atomic E-state index is -2.52. The second-order valence-corrected chi connectivity index (χ2v) is 11.7. The highest BCUT2D eigenvalue weighted by atomic mass is 28.3. The molecule has 0 fully saturated rings. The fraction of sp³-hybridized carbons (Fsp3) is 0.0345. The summed E-state index contributed by atoms with van der Waals surface area (Å²) in [5.74, 6) is 0.783. The third kappa shape index (κ3) is 3.57. The predicted molar refractivity (Wildman–Crippen MR) is 136 cm³/mol. The average Bonchev–Trinajstić information content (AvgIpc) is 2.87. The van der Waals surface area contributed by atoms with Crippen LogP contribution in [-0.4, -0.2) is 18.0 Å². The van der Waals surface area contributed by atoms with Crippen molar-refractivity contribution in [3.8, 4) is 11.3 Å². The maximum absolute atomic E-state index is 4.69. The highest BCUT2D eigenvalue weighted by Crippen LogP contribution is 2.17. The summed E-state index contributed by atoms with van der Waals surface area (Å²) in [7, 11) is -2.52. The van der Waals surface area contributed by atoms with Gasteiger partial charge in [-0.15, -0.1) is 0 Å². The number of aryl methyl sites for hydroxylation is 1. The van der Waals surface area contributed by atoms with Gasteiger partial charge in [-0.05, 0) is 33.7 Å². The molecule has 154 valence electrons. The number of hydrogen-bond acceptors (Lipinski definition) is 2. The lowest BCUT2D eigenvalue weighted by Crippen LogP contribution is -2.74. The van der Waals surface area contributed by atoms with Crippen molar-refractivity contribution in [1.82, 2.24) is 9.97 Å². The lowest BCUT2D eigenvalue weighted by molar-refractivity contribution is 1.06. The van der Waals surface area contributed by atoms with Gasteiger partial charge in [-0.25, -0.2) is 9.97 Å². The fourth-order valence-electron chi connectivity index (χ4n) is 4.59. The van der Waals surface area contributed by atoms with Gasteiger partial charge in [0.2, 0.25) is 0 Å². The van der Waals surface area contributed by atoms with Gasteiger partial charge in [0.15, 0.2) is 8.07 Å². The summed E-state index contributed by atoms with van der Waals surface area (Å²) < 4.78 is 0. The van der Waals surface area contributed by atoms with Crippen LogP contribution in [0.15, 0.2) is 128 Å². The molecule has 0 aliphatic rings. The van der Waals surface area contributed by atoms with Crippen molar-refractivity contribution < 1.29 is 0 Å². The third-order valence-electron chi connectivity index (χ3n) is 5.99. The van der Waals surface area contributed by atoms with Crippen LogP contribution < -0.4 is 20.7 Å². The molecule has 0 saturated heterocycles. The van der Waals surface area contributed by atoms with Crippen molar-refractivity contribution in [1.29, 1.82) is 0 Å². The molecule has 32 heavy (non-hydrogen) atoms. The molecular formula is C29H24N2Si. The molecule has 3 heteroatoms. The minimum Gasteiger partial charge on any atom is -0.242 e. The van der Waals surface area contributed by atoms with Crippen LogP contribution >= 0.6 is 0 Å². The molecule has 0 aliphatic heterocycles. The van der Waals surface area contributed by atoms with E-state index in [0.29, 0.717) is 0 Å². The number of hydrogen-bond donors (Lipinski definition) is 0. The Labute approximate surface area is 190 Å². The second-order valence-electron chi connectivity index (χ2n) is 7.92. The monoisotopic (exact) mass is 428 g/mol. The Morgan fingerprint density at radius 2 is 1.03 bits per heavy atom. The van der Waals surface area contributed by atoms with Crippen molar-refractivity contribution in [3.63, 3.8) is 0 Å². The van der Waals surface area contributed by atoms with Gasteiger partial charge in [0, 0.05) is 11.8 Å². The zero-order valence-corrected chi connectivity index (χ0v) is 19.0. The van der Waals surface area contributed by atoms with E-state index in [1.54, 1.807) is 0 Å². The number of nitrogens with zero attached hydrogens (tertiary/aromatic N) is 2. The second kappa shape index (κ2) is 8.73. The molecule has 1 aromatic heterocycles. The van der Waals surface area contributed by atoms with Crippen molar-refractivity contribution in [2.45, 2.75) is 6.92 Å². The summed E-state index contributed by atoms with van der Waals surface area (Å²) in [5, 5.41) is 5.45. The van der Waals surface area contributed by atoms with Crippen molar-refractivity contribution in [2.24, 2.45) is 0 Å². The maximum atomic E-state index is 4.69. The SMILES string of the molecule is Cc1nccc(-c2cccc([Si](c3ccccc3)(c3ccccc3)c3ccccc3)c2)n1. The maximum Gasteiger partial charge on any atom is 0.179 e.